The highest BCUT2D eigenvalue weighted by Crippen LogP contribution is 2.33. The van der Waals surface area contributed by atoms with Gasteiger partial charge in [0.1, 0.15) is 11.5 Å². The third kappa shape index (κ3) is 7.33. The summed E-state index contributed by atoms with van der Waals surface area (Å²) < 4.78 is 20.5. The molecule has 0 radical (unpaired) electrons. The van der Waals surface area contributed by atoms with Gasteiger partial charge in [0.05, 0.1) is 37.9 Å². The Hall–Kier alpha value is -3.54. The molecular formula is C25H28O6. The fraction of sp³-hybridized carbons (Fsp3) is 0.280. The van der Waals surface area contributed by atoms with E-state index in [1.807, 2.05) is 38.1 Å². The van der Waals surface area contributed by atoms with Gasteiger partial charge < -0.3 is 18.9 Å². The average Bonchev–Trinajstić information content (AvgIpc) is 2.75. The molecule has 31 heavy (non-hydrogen) atoms. The van der Waals surface area contributed by atoms with Crippen molar-refractivity contribution in [2.45, 2.75) is 33.1 Å². The number of ether oxygens (including phenoxy) is 4. The average molecular weight is 424 g/mol. The third-order valence-electron chi connectivity index (χ3n) is 4.52. The van der Waals surface area contributed by atoms with Crippen molar-refractivity contribution in [2.75, 3.05) is 13.2 Å². The van der Waals surface area contributed by atoms with Crippen LogP contribution in [0.3, 0.4) is 0 Å². The van der Waals surface area contributed by atoms with Crippen LogP contribution in [0.2, 0.25) is 0 Å². The first kappa shape index (κ1) is 23.7. The molecule has 0 saturated carbocycles. The molecule has 0 amide bonds. The van der Waals surface area contributed by atoms with Crippen molar-refractivity contribution in [3.05, 3.63) is 84.3 Å². The summed E-state index contributed by atoms with van der Waals surface area (Å²) in [5, 5.41) is 0. The van der Waals surface area contributed by atoms with Crippen LogP contribution in [0.4, 0.5) is 0 Å². The lowest BCUT2D eigenvalue weighted by atomic mass is 9.78. The van der Waals surface area contributed by atoms with Gasteiger partial charge in [-0.05, 0) is 49.2 Å². The van der Waals surface area contributed by atoms with Crippen molar-refractivity contribution in [1.82, 2.24) is 0 Å². The van der Waals surface area contributed by atoms with Crippen LogP contribution in [-0.2, 0) is 24.5 Å². The van der Waals surface area contributed by atoms with E-state index in [9.17, 15) is 9.59 Å². The van der Waals surface area contributed by atoms with Crippen LogP contribution in [0, 0.1) is 0 Å². The predicted molar refractivity (Wildman–Crippen MR) is 118 cm³/mol. The van der Waals surface area contributed by atoms with Gasteiger partial charge in [-0.25, -0.2) is 9.59 Å². The van der Waals surface area contributed by atoms with E-state index in [1.54, 1.807) is 24.3 Å². The Balaban J connectivity index is 2.04. The summed E-state index contributed by atoms with van der Waals surface area (Å²) in [6, 6.07) is 14.7. The van der Waals surface area contributed by atoms with Gasteiger partial charge in [0.25, 0.3) is 0 Å². The minimum absolute atomic E-state index is 0.311. The van der Waals surface area contributed by atoms with Crippen LogP contribution >= 0.6 is 0 Å². The molecule has 0 N–H and O–H groups in total. The lowest BCUT2D eigenvalue weighted by Gasteiger charge is -2.26. The van der Waals surface area contributed by atoms with Crippen LogP contribution in [0.15, 0.2) is 73.2 Å². The molecule has 2 aromatic rings. The first-order valence-electron chi connectivity index (χ1n) is 10.1. The second-order valence-electron chi connectivity index (χ2n) is 7.03. The fourth-order valence-corrected chi connectivity index (χ4v) is 2.75. The topological polar surface area (TPSA) is 71.1 Å². The van der Waals surface area contributed by atoms with E-state index in [4.69, 9.17) is 18.9 Å². The second-order valence-corrected chi connectivity index (χ2v) is 7.03. The van der Waals surface area contributed by atoms with Gasteiger partial charge in [-0.2, -0.15) is 0 Å². The summed E-state index contributed by atoms with van der Waals surface area (Å²) in [4.78, 5) is 23.5. The Bertz CT molecular complexity index is 833. The molecule has 0 bridgehead atoms. The number of rotatable bonds is 10. The molecule has 6 nitrogen and oxygen atoms in total. The van der Waals surface area contributed by atoms with Crippen molar-refractivity contribution in [3.63, 3.8) is 0 Å². The summed E-state index contributed by atoms with van der Waals surface area (Å²) in [7, 11) is 0. The molecule has 0 aromatic heterocycles. The Kier molecular flexibility index (Phi) is 8.88. The molecule has 0 atom stereocenters. The second kappa shape index (κ2) is 11.6. The third-order valence-corrected chi connectivity index (χ3v) is 4.52. The normalized spacial score (nSPS) is 11.5. The number of hydrogen-bond donors (Lipinski definition) is 0. The molecule has 0 aliphatic carbocycles. The molecule has 0 unspecified atom stereocenters. The summed E-state index contributed by atoms with van der Waals surface area (Å²) in [6.07, 6.45) is 5.11. The summed E-state index contributed by atoms with van der Waals surface area (Å²) in [5.41, 5.74) is 1.78. The Morgan fingerprint density at radius 2 is 1.06 bits per heavy atom. The number of esters is 2. The minimum Gasteiger partial charge on any atom is -0.501 e. The molecule has 2 aromatic carbocycles. The van der Waals surface area contributed by atoms with Crippen LogP contribution in [0.1, 0.15) is 38.8 Å². The van der Waals surface area contributed by atoms with Gasteiger partial charge in [0.2, 0.25) is 0 Å². The van der Waals surface area contributed by atoms with E-state index in [-0.39, 0.29) is 5.41 Å². The van der Waals surface area contributed by atoms with Crippen molar-refractivity contribution < 1.29 is 28.5 Å². The van der Waals surface area contributed by atoms with Gasteiger partial charge in [-0.15, -0.1) is 0 Å². The number of carbonyl (C=O) groups excluding carboxylic acids is 2. The van der Waals surface area contributed by atoms with Gasteiger partial charge >= 0.3 is 11.9 Å². The van der Waals surface area contributed by atoms with E-state index in [2.05, 4.69) is 13.8 Å². The maximum atomic E-state index is 11.7. The predicted octanol–water partition coefficient (Wildman–Crippen LogP) is 4.92. The molecule has 0 spiro atoms. The zero-order valence-corrected chi connectivity index (χ0v) is 18.3. The summed E-state index contributed by atoms with van der Waals surface area (Å²) >= 11 is 0. The molecule has 0 aliphatic heterocycles. The zero-order chi connectivity index (χ0) is 22.7. The highest BCUT2D eigenvalue weighted by atomic mass is 16.5. The van der Waals surface area contributed by atoms with E-state index >= 15 is 0 Å². The molecule has 0 saturated heterocycles. The lowest BCUT2D eigenvalue weighted by Crippen LogP contribution is -2.18. The standard InChI is InChI=1S/C25H28O6/c1-5-28-17-15-23(26)30-21-11-7-19(8-12-21)25(3,4)20-9-13-22(14-10-20)31-24(27)16-18-29-6-2/h7-18H,5-6H2,1-4H3/b17-15-,18-16+. The van der Waals surface area contributed by atoms with E-state index in [0.717, 1.165) is 11.1 Å². The first-order chi connectivity index (χ1) is 14.9. The number of carbonyl (C=O) groups is 2. The quantitative estimate of drug-likeness (QED) is 0.233. The van der Waals surface area contributed by atoms with Crippen molar-refractivity contribution >= 4 is 11.9 Å². The molecule has 2 rings (SSSR count). The molecule has 0 heterocycles. The lowest BCUT2D eigenvalue weighted by molar-refractivity contribution is -0.130. The molecule has 0 fully saturated rings. The molecular weight excluding hydrogens is 396 g/mol. The highest BCUT2D eigenvalue weighted by molar-refractivity contribution is 5.84. The largest absolute Gasteiger partial charge is 0.501 e. The maximum Gasteiger partial charge on any atom is 0.339 e. The van der Waals surface area contributed by atoms with E-state index in [0.29, 0.717) is 24.7 Å². The van der Waals surface area contributed by atoms with Gasteiger partial charge in [-0.3, -0.25) is 0 Å². The van der Waals surface area contributed by atoms with Crippen LogP contribution in [0.5, 0.6) is 11.5 Å². The summed E-state index contributed by atoms with van der Waals surface area (Å²) in [6.45, 7) is 8.81. The minimum atomic E-state index is -0.498. The van der Waals surface area contributed by atoms with Gasteiger partial charge in [-0.1, -0.05) is 38.1 Å². The highest BCUT2D eigenvalue weighted by Gasteiger charge is 2.23. The van der Waals surface area contributed by atoms with Crippen molar-refractivity contribution in [3.8, 4) is 11.5 Å². The number of hydrogen-bond acceptors (Lipinski definition) is 6. The SMILES string of the molecule is CCO/C=C\C(=O)Oc1ccc(C(C)(C)c2ccc(OC(=O)/C=C/OCC)cc2)cc1. The van der Waals surface area contributed by atoms with Gasteiger partial charge in [0.15, 0.2) is 0 Å². The van der Waals surface area contributed by atoms with Crippen LogP contribution in [0.25, 0.3) is 0 Å². The van der Waals surface area contributed by atoms with Crippen LogP contribution in [-0.4, -0.2) is 25.2 Å². The molecule has 164 valence electrons. The van der Waals surface area contributed by atoms with Crippen LogP contribution < -0.4 is 9.47 Å². The molecule has 0 aliphatic rings. The smallest absolute Gasteiger partial charge is 0.339 e. The fourth-order valence-electron chi connectivity index (χ4n) is 2.75. The number of benzene rings is 2. The Morgan fingerprint density at radius 3 is 1.39 bits per heavy atom. The molecule has 6 heteroatoms. The Labute approximate surface area is 183 Å². The van der Waals surface area contributed by atoms with E-state index in [1.165, 1.54) is 24.7 Å². The van der Waals surface area contributed by atoms with Gasteiger partial charge in [0, 0.05) is 5.41 Å². The maximum absolute atomic E-state index is 11.7. The first-order valence-corrected chi connectivity index (χ1v) is 10.1. The van der Waals surface area contributed by atoms with Crippen molar-refractivity contribution in [2.24, 2.45) is 0 Å². The zero-order valence-electron chi connectivity index (χ0n) is 18.3. The van der Waals surface area contributed by atoms with Crippen molar-refractivity contribution in [1.29, 1.82) is 0 Å². The van der Waals surface area contributed by atoms with E-state index < -0.39 is 11.9 Å². The summed E-state index contributed by atoms with van der Waals surface area (Å²) in [5.74, 6) is -0.0930. The Morgan fingerprint density at radius 1 is 0.710 bits per heavy atom. The monoisotopic (exact) mass is 424 g/mol.